The van der Waals surface area contributed by atoms with E-state index in [4.69, 9.17) is 0 Å². The molecular formula is C13H13N5O3. The molecule has 0 bridgehead atoms. The first kappa shape index (κ1) is 13.2. The number of carboxylic acids is 1. The summed E-state index contributed by atoms with van der Waals surface area (Å²) in [5.41, 5.74) is 1.32. The van der Waals surface area contributed by atoms with Crippen molar-refractivity contribution in [2.45, 2.75) is 18.9 Å². The van der Waals surface area contributed by atoms with Crippen LogP contribution in [0.4, 0.5) is 5.69 Å². The van der Waals surface area contributed by atoms with Crippen molar-refractivity contribution >= 4 is 17.6 Å². The van der Waals surface area contributed by atoms with Gasteiger partial charge in [0.2, 0.25) is 5.91 Å². The maximum absolute atomic E-state index is 12.4. The summed E-state index contributed by atoms with van der Waals surface area (Å²) < 4.78 is 1.34. The zero-order chi connectivity index (χ0) is 14.8. The number of benzene rings is 1. The van der Waals surface area contributed by atoms with Crippen LogP contribution in [0.15, 0.2) is 30.6 Å². The number of amides is 1. The van der Waals surface area contributed by atoms with Gasteiger partial charge in [0.1, 0.15) is 12.9 Å². The number of rotatable bonds is 3. The van der Waals surface area contributed by atoms with Crippen molar-refractivity contribution in [1.82, 2.24) is 20.2 Å². The fourth-order valence-electron chi connectivity index (χ4n) is 2.55. The highest BCUT2D eigenvalue weighted by atomic mass is 16.4. The largest absolute Gasteiger partial charge is 0.481 e. The summed E-state index contributed by atoms with van der Waals surface area (Å²) in [6, 6.07) is 7.09. The third kappa shape index (κ3) is 2.47. The molecule has 8 heteroatoms. The molecule has 21 heavy (non-hydrogen) atoms. The molecule has 1 unspecified atom stereocenters. The Morgan fingerprint density at radius 1 is 1.33 bits per heavy atom. The number of carboxylic acid groups (broad SMARTS) is 1. The smallest absolute Gasteiger partial charge is 0.311 e. The van der Waals surface area contributed by atoms with Gasteiger partial charge >= 0.3 is 5.97 Å². The summed E-state index contributed by atoms with van der Waals surface area (Å²) in [5, 5.41) is 19.9. The van der Waals surface area contributed by atoms with E-state index in [0.717, 1.165) is 0 Å². The van der Waals surface area contributed by atoms with Gasteiger partial charge in [-0.1, -0.05) is 18.2 Å². The first-order chi connectivity index (χ1) is 10.2. The van der Waals surface area contributed by atoms with Crippen LogP contribution in [0.1, 0.15) is 17.9 Å². The van der Waals surface area contributed by atoms with E-state index in [1.165, 1.54) is 11.0 Å². The van der Waals surface area contributed by atoms with Crippen LogP contribution in [0, 0.1) is 0 Å². The normalized spacial score (nSPS) is 17.3. The molecule has 0 spiro atoms. The number of aliphatic carboxylic acids is 1. The minimum atomic E-state index is -0.866. The molecule has 0 fully saturated rings. The molecule has 108 valence electrons. The van der Waals surface area contributed by atoms with Crippen molar-refractivity contribution in [2.24, 2.45) is 0 Å². The van der Waals surface area contributed by atoms with Gasteiger partial charge < -0.3 is 10.0 Å². The maximum Gasteiger partial charge on any atom is 0.311 e. The van der Waals surface area contributed by atoms with Crippen LogP contribution in [0.25, 0.3) is 0 Å². The molecule has 2 aromatic rings. The molecule has 3 rings (SSSR count). The van der Waals surface area contributed by atoms with Crippen LogP contribution in [-0.2, 0) is 16.1 Å². The molecule has 1 aliphatic rings. The SMILES string of the molecule is O=C(O)C1CCN(C(=O)Cn2cnnn2)c2ccccc21. The van der Waals surface area contributed by atoms with Gasteiger partial charge in [-0.15, -0.1) is 5.10 Å². The van der Waals surface area contributed by atoms with Crippen molar-refractivity contribution in [1.29, 1.82) is 0 Å². The lowest BCUT2D eigenvalue weighted by Gasteiger charge is -2.32. The monoisotopic (exact) mass is 287 g/mol. The first-order valence-electron chi connectivity index (χ1n) is 6.49. The van der Waals surface area contributed by atoms with Crippen LogP contribution in [-0.4, -0.2) is 43.7 Å². The minimum absolute atomic E-state index is 0.0269. The van der Waals surface area contributed by atoms with Gasteiger partial charge in [0.05, 0.1) is 5.92 Å². The number of tetrazole rings is 1. The quantitative estimate of drug-likeness (QED) is 0.870. The topological polar surface area (TPSA) is 101 Å². The number of para-hydroxylation sites is 1. The van der Waals surface area contributed by atoms with Crippen LogP contribution in [0.5, 0.6) is 0 Å². The summed E-state index contributed by atoms with van der Waals surface area (Å²) in [6.07, 6.45) is 1.77. The highest BCUT2D eigenvalue weighted by Crippen LogP contribution is 2.35. The van der Waals surface area contributed by atoms with Crippen molar-refractivity contribution < 1.29 is 14.7 Å². The van der Waals surface area contributed by atoms with Crippen LogP contribution >= 0.6 is 0 Å². The van der Waals surface area contributed by atoms with Gasteiger partial charge in [-0.3, -0.25) is 9.59 Å². The van der Waals surface area contributed by atoms with Crippen LogP contribution < -0.4 is 4.90 Å². The van der Waals surface area contributed by atoms with E-state index in [9.17, 15) is 14.7 Å². The minimum Gasteiger partial charge on any atom is -0.481 e. The Labute approximate surface area is 120 Å². The number of fused-ring (bicyclic) bond motifs is 1. The number of carbonyl (C=O) groups is 2. The molecule has 8 nitrogen and oxygen atoms in total. The first-order valence-corrected chi connectivity index (χ1v) is 6.49. The molecule has 1 aromatic heterocycles. The Kier molecular flexibility index (Phi) is 3.35. The summed E-state index contributed by atoms with van der Waals surface area (Å²) in [7, 11) is 0. The molecule has 0 aliphatic carbocycles. The number of aromatic nitrogens is 4. The van der Waals surface area contributed by atoms with E-state index in [1.807, 2.05) is 0 Å². The molecule has 1 aromatic carbocycles. The molecule has 1 atom stereocenters. The van der Waals surface area contributed by atoms with Crippen molar-refractivity contribution in [3.63, 3.8) is 0 Å². The van der Waals surface area contributed by atoms with E-state index in [-0.39, 0.29) is 12.5 Å². The molecule has 0 saturated heterocycles. The van der Waals surface area contributed by atoms with E-state index >= 15 is 0 Å². The van der Waals surface area contributed by atoms with Crippen LogP contribution in [0.3, 0.4) is 0 Å². The van der Waals surface area contributed by atoms with Gasteiger partial charge in [-0.2, -0.15) is 0 Å². The van der Waals surface area contributed by atoms with E-state index in [0.29, 0.717) is 24.2 Å². The predicted molar refractivity (Wildman–Crippen MR) is 71.6 cm³/mol. The number of carbonyl (C=O) groups excluding carboxylic acids is 1. The van der Waals surface area contributed by atoms with E-state index in [2.05, 4.69) is 15.5 Å². The number of hydrogen-bond acceptors (Lipinski definition) is 5. The molecule has 2 heterocycles. The lowest BCUT2D eigenvalue weighted by molar-refractivity contribution is -0.139. The zero-order valence-electron chi connectivity index (χ0n) is 11.1. The number of hydrogen-bond donors (Lipinski definition) is 1. The lowest BCUT2D eigenvalue weighted by atomic mass is 9.90. The second-order valence-corrected chi connectivity index (χ2v) is 4.79. The Morgan fingerprint density at radius 3 is 2.86 bits per heavy atom. The number of anilines is 1. The molecule has 1 aliphatic heterocycles. The van der Waals surface area contributed by atoms with Gasteiger partial charge in [0.15, 0.2) is 0 Å². The van der Waals surface area contributed by atoms with E-state index in [1.54, 1.807) is 29.2 Å². The lowest BCUT2D eigenvalue weighted by Crippen LogP contribution is -2.40. The van der Waals surface area contributed by atoms with Crippen molar-refractivity contribution in [3.05, 3.63) is 36.2 Å². The summed E-state index contributed by atoms with van der Waals surface area (Å²) in [6.45, 7) is 0.397. The molecule has 1 amide bonds. The molecular weight excluding hydrogens is 274 g/mol. The summed E-state index contributed by atoms with van der Waals surface area (Å²) in [5.74, 6) is -1.60. The fraction of sp³-hybridized carbons (Fsp3) is 0.308. The van der Waals surface area contributed by atoms with Gasteiger partial charge in [0, 0.05) is 12.2 Å². The van der Waals surface area contributed by atoms with Gasteiger partial charge in [-0.25, -0.2) is 4.68 Å². The van der Waals surface area contributed by atoms with Gasteiger partial charge in [0.25, 0.3) is 0 Å². The van der Waals surface area contributed by atoms with Crippen molar-refractivity contribution in [3.8, 4) is 0 Å². The average molecular weight is 287 g/mol. The maximum atomic E-state index is 12.4. The Hall–Kier alpha value is -2.77. The van der Waals surface area contributed by atoms with Crippen molar-refractivity contribution in [2.75, 3.05) is 11.4 Å². The van der Waals surface area contributed by atoms with Gasteiger partial charge in [-0.05, 0) is 28.5 Å². The summed E-state index contributed by atoms with van der Waals surface area (Å²) in [4.78, 5) is 25.3. The highest BCUT2D eigenvalue weighted by molar-refractivity contribution is 5.96. The van der Waals surface area contributed by atoms with Crippen LogP contribution in [0.2, 0.25) is 0 Å². The number of nitrogens with zero attached hydrogens (tertiary/aromatic N) is 5. The average Bonchev–Trinajstić information content (AvgIpc) is 2.98. The Bertz CT molecular complexity index is 670. The molecule has 0 radical (unpaired) electrons. The second kappa shape index (κ2) is 5.31. The highest BCUT2D eigenvalue weighted by Gasteiger charge is 2.32. The summed E-state index contributed by atoms with van der Waals surface area (Å²) >= 11 is 0. The Balaban J connectivity index is 1.89. The third-order valence-electron chi connectivity index (χ3n) is 3.53. The predicted octanol–water partition coefficient (Wildman–Crippen LogP) is 0.278. The zero-order valence-corrected chi connectivity index (χ0v) is 11.1. The Morgan fingerprint density at radius 2 is 2.14 bits per heavy atom. The molecule has 0 saturated carbocycles. The second-order valence-electron chi connectivity index (χ2n) is 4.79. The van der Waals surface area contributed by atoms with E-state index < -0.39 is 11.9 Å². The molecule has 1 N–H and O–H groups in total. The fourth-order valence-corrected chi connectivity index (χ4v) is 2.55. The standard InChI is InChI=1S/C13H13N5O3/c19-12(7-17-8-14-15-16-17)18-6-5-10(13(20)21)9-3-1-2-4-11(9)18/h1-4,8,10H,5-7H2,(H,20,21). The third-order valence-corrected chi connectivity index (χ3v) is 3.53.